The monoisotopic (exact) mass is 291 g/mol. The van der Waals surface area contributed by atoms with Gasteiger partial charge in [-0.3, -0.25) is 4.79 Å². The molecule has 1 saturated heterocycles. The molecule has 21 heavy (non-hydrogen) atoms. The van der Waals surface area contributed by atoms with Crippen molar-refractivity contribution in [3.8, 4) is 5.75 Å². The summed E-state index contributed by atoms with van der Waals surface area (Å²) in [5.74, 6) is 1.48. The largest absolute Gasteiger partial charge is 0.495 e. The summed E-state index contributed by atoms with van der Waals surface area (Å²) in [7, 11) is 3.60. The Morgan fingerprint density at radius 1 is 1.43 bits per heavy atom. The summed E-state index contributed by atoms with van der Waals surface area (Å²) < 4.78 is 5.28. The molecule has 0 spiro atoms. The van der Waals surface area contributed by atoms with Crippen molar-refractivity contribution in [3.63, 3.8) is 0 Å². The third-order valence-electron chi connectivity index (χ3n) is 3.90. The molecule has 1 aliphatic heterocycles. The zero-order valence-electron chi connectivity index (χ0n) is 12.9. The molecule has 2 N–H and O–H groups in total. The van der Waals surface area contributed by atoms with E-state index in [2.05, 4.69) is 10.6 Å². The first-order valence-electron chi connectivity index (χ1n) is 7.54. The van der Waals surface area contributed by atoms with Gasteiger partial charge >= 0.3 is 0 Å². The lowest BCUT2D eigenvalue weighted by Crippen LogP contribution is -2.44. The van der Waals surface area contributed by atoms with Crippen molar-refractivity contribution in [2.75, 3.05) is 45.7 Å². The van der Waals surface area contributed by atoms with Crippen molar-refractivity contribution >= 4 is 11.6 Å². The third kappa shape index (κ3) is 4.36. The van der Waals surface area contributed by atoms with Crippen LogP contribution >= 0.6 is 0 Å². The summed E-state index contributed by atoms with van der Waals surface area (Å²) in [4.78, 5) is 14.3. The van der Waals surface area contributed by atoms with Gasteiger partial charge in [-0.1, -0.05) is 12.1 Å². The molecule has 0 aliphatic carbocycles. The van der Waals surface area contributed by atoms with E-state index in [0.29, 0.717) is 12.5 Å². The average Bonchev–Trinajstić information content (AvgIpc) is 2.53. The van der Waals surface area contributed by atoms with Gasteiger partial charge in [-0.15, -0.1) is 0 Å². The van der Waals surface area contributed by atoms with Crippen molar-refractivity contribution in [1.82, 2.24) is 10.2 Å². The number of nitrogens with zero attached hydrogens (tertiary/aromatic N) is 1. The second-order valence-electron chi connectivity index (χ2n) is 5.46. The molecule has 116 valence electrons. The van der Waals surface area contributed by atoms with E-state index < -0.39 is 0 Å². The Morgan fingerprint density at radius 3 is 3.00 bits per heavy atom. The van der Waals surface area contributed by atoms with E-state index in [1.807, 2.05) is 36.2 Å². The number of nitrogens with one attached hydrogen (secondary N) is 2. The van der Waals surface area contributed by atoms with Crippen LogP contribution in [0.5, 0.6) is 5.75 Å². The number of likely N-dealkylation sites (tertiary alicyclic amines) is 1. The van der Waals surface area contributed by atoms with Crippen LogP contribution in [0.15, 0.2) is 24.3 Å². The summed E-state index contributed by atoms with van der Waals surface area (Å²) >= 11 is 0. The maximum Gasteiger partial charge on any atom is 0.241 e. The van der Waals surface area contributed by atoms with Crippen LogP contribution in [0.25, 0.3) is 0 Å². The molecule has 0 aromatic heterocycles. The van der Waals surface area contributed by atoms with Crippen molar-refractivity contribution in [1.29, 1.82) is 0 Å². The smallest absolute Gasteiger partial charge is 0.241 e. The Bertz CT molecular complexity index is 463. The summed E-state index contributed by atoms with van der Waals surface area (Å²) in [5, 5.41) is 6.38. The zero-order chi connectivity index (χ0) is 15.1. The molecule has 0 bridgehead atoms. The van der Waals surface area contributed by atoms with E-state index in [-0.39, 0.29) is 5.91 Å². The van der Waals surface area contributed by atoms with Crippen LogP contribution in [0.4, 0.5) is 5.69 Å². The van der Waals surface area contributed by atoms with E-state index in [9.17, 15) is 4.79 Å². The van der Waals surface area contributed by atoms with Gasteiger partial charge in [-0.25, -0.2) is 0 Å². The van der Waals surface area contributed by atoms with Gasteiger partial charge in [-0.2, -0.15) is 0 Å². The Hall–Kier alpha value is -1.75. The number of hydrogen-bond donors (Lipinski definition) is 2. The molecular formula is C16H25N3O2. The maximum absolute atomic E-state index is 12.3. The molecule has 5 nitrogen and oxygen atoms in total. The minimum atomic E-state index is 0.154. The number of amides is 1. The fraction of sp³-hybridized carbons (Fsp3) is 0.562. The van der Waals surface area contributed by atoms with Crippen molar-refractivity contribution < 1.29 is 9.53 Å². The molecule has 1 heterocycles. The Balaban J connectivity index is 1.86. The van der Waals surface area contributed by atoms with E-state index in [0.717, 1.165) is 37.5 Å². The number of rotatable bonds is 6. The fourth-order valence-electron chi connectivity index (χ4n) is 2.82. The van der Waals surface area contributed by atoms with Crippen LogP contribution in [-0.4, -0.2) is 51.1 Å². The standard InChI is InChI=1S/C16H25N3O2/c1-17-10-13-6-5-9-19(12-13)16(20)11-18-14-7-3-4-8-15(14)21-2/h3-4,7-8,13,17-18H,5-6,9-12H2,1-2H3. The van der Waals surface area contributed by atoms with Gasteiger partial charge in [0.2, 0.25) is 5.91 Å². The number of hydrogen-bond acceptors (Lipinski definition) is 4. The van der Waals surface area contributed by atoms with Crippen LogP contribution in [0, 0.1) is 5.92 Å². The lowest BCUT2D eigenvalue weighted by atomic mass is 9.98. The van der Waals surface area contributed by atoms with Gasteiger partial charge in [0, 0.05) is 13.1 Å². The highest BCUT2D eigenvalue weighted by Gasteiger charge is 2.22. The van der Waals surface area contributed by atoms with E-state index in [4.69, 9.17) is 4.74 Å². The van der Waals surface area contributed by atoms with Gasteiger partial charge in [0.1, 0.15) is 5.75 Å². The van der Waals surface area contributed by atoms with E-state index in [1.165, 1.54) is 6.42 Å². The number of carbonyl (C=O) groups is 1. The number of para-hydroxylation sites is 2. The highest BCUT2D eigenvalue weighted by Crippen LogP contribution is 2.23. The number of methoxy groups -OCH3 is 1. The van der Waals surface area contributed by atoms with E-state index in [1.54, 1.807) is 7.11 Å². The summed E-state index contributed by atoms with van der Waals surface area (Å²) in [6.07, 6.45) is 2.29. The van der Waals surface area contributed by atoms with Crippen LogP contribution < -0.4 is 15.4 Å². The average molecular weight is 291 g/mol. The van der Waals surface area contributed by atoms with Crippen molar-refractivity contribution in [3.05, 3.63) is 24.3 Å². The lowest BCUT2D eigenvalue weighted by molar-refractivity contribution is -0.131. The molecule has 2 rings (SSSR count). The predicted octanol–water partition coefficient (Wildman–Crippen LogP) is 1.57. The number of anilines is 1. The predicted molar refractivity (Wildman–Crippen MR) is 84.7 cm³/mol. The van der Waals surface area contributed by atoms with Gasteiger partial charge in [0.05, 0.1) is 19.3 Å². The molecule has 0 radical (unpaired) electrons. The summed E-state index contributed by atoms with van der Waals surface area (Å²) in [5.41, 5.74) is 0.858. The van der Waals surface area contributed by atoms with Gasteiger partial charge in [-0.05, 0) is 44.5 Å². The molecule has 1 unspecified atom stereocenters. The summed E-state index contributed by atoms with van der Waals surface area (Å²) in [6, 6.07) is 7.65. The quantitative estimate of drug-likeness (QED) is 0.835. The lowest BCUT2D eigenvalue weighted by Gasteiger charge is -2.33. The molecule has 1 aromatic carbocycles. The zero-order valence-corrected chi connectivity index (χ0v) is 12.9. The van der Waals surface area contributed by atoms with Crippen LogP contribution in [0.3, 0.4) is 0 Å². The minimum Gasteiger partial charge on any atom is -0.495 e. The van der Waals surface area contributed by atoms with Crippen LogP contribution in [-0.2, 0) is 4.79 Å². The molecule has 1 aliphatic rings. The SMILES string of the molecule is CNCC1CCCN(C(=O)CNc2ccccc2OC)C1. The van der Waals surface area contributed by atoms with Crippen LogP contribution in [0.1, 0.15) is 12.8 Å². The van der Waals surface area contributed by atoms with Crippen molar-refractivity contribution in [2.45, 2.75) is 12.8 Å². The summed E-state index contributed by atoms with van der Waals surface area (Å²) in [6.45, 7) is 3.01. The maximum atomic E-state index is 12.3. The van der Waals surface area contributed by atoms with Gasteiger partial charge in [0.15, 0.2) is 0 Å². The molecule has 1 fully saturated rings. The molecule has 1 atom stereocenters. The molecule has 0 saturated carbocycles. The Labute approximate surface area is 126 Å². The van der Waals surface area contributed by atoms with Gasteiger partial charge < -0.3 is 20.3 Å². The normalized spacial score (nSPS) is 18.4. The first kappa shape index (κ1) is 15.6. The number of piperidine rings is 1. The molecule has 1 amide bonds. The Kier molecular flexibility index (Phi) is 5.87. The fourth-order valence-corrected chi connectivity index (χ4v) is 2.82. The molecule has 1 aromatic rings. The first-order valence-corrected chi connectivity index (χ1v) is 7.54. The van der Waals surface area contributed by atoms with Crippen molar-refractivity contribution in [2.24, 2.45) is 5.92 Å². The molecule has 5 heteroatoms. The Morgan fingerprint density at radius 2 is 2.24 bits per heavy atom. The minimum absolute atomic E-state index is 0.154. The number of ether oxygens (including phenoxy) is 1. The highest BCUT2D eigenvalue weighted by atomic mass is 16.5. The molecular weight excluding hydrogens is 266 g/mol. The second-order valence-corrected chi connectivity index (χ2v) is 5.46. The number of carbonyl (C=O) groups excluding carboxylic acids is 1. The number of benzene rings is 1. The third-order valence-corrected chi connectivity index (χ3v) is 3.90. The first-order chi connectivity index (χ1) is 10.2. The second kappa shape index (κ2) is 7.88. The van der Waals surface area contributed by atoms with E-state index >= 15 is 0 Å². The van der Waals surface area contributed by atoms with Gasteiger partial charge in [0.25, 0.3) is 0 Å². The topological polar surface area (TPSA) is 53.6 Å². The highest BCUT2D eigenvalue weighted by molar-refractivity contribution is 5.81. The van der Waals surface area contributed by atoms with Crippen LogP contribution in [0.2, 0.25) is 0 Å².